The third kappa shape index (κ3) is 4.67. The molecule has 0 aromatic carbocycles. The van der Waals surface area contributed by atoms with Crippen molar-refractivity contribution < 1.29 is 24.2 Å². The molecule has 1 rings (SSSR count). The normalized spacial score (nSPS) is 18.6. The summed E-state index contributed by atoms with van der Waals surface area (Å²) in [6, 6.07) is 0. The Labute approximate surface area is 119 Å². The van der Waals surface area contributed by atoms with Crippen molar-refractivity contribution in [2.75, 3.05) is 6.61 Å². The van der Waals surface area contributed by atoms with Gasteiger partial charge in [-0.3, -0.25) is 4.79 Å². The van der Waals surface area contributed by atoms with Crippen LogP contribution in [-0.4, -0.2) is 41.0 Å². The summed E-state index contributed by atoms with van der Waals surface area (Å²) < 4.78 is 10.0. The highest BCUT2D eigenvalue weighted by Crippen LogP contribution is 2.36. The summed E-state index contributed by atoms with van der Waals surface area (Å²) in [6.45, 7) is 7.31. The zero-order valence-electron chi connectivity index (χ0n) is 12.7. The predicted octanol–water partition coefficient (Wildman–Crippen LogP) is 1.75. The third-order valence-electron chi connectivity index (χ3n) is 3.30. The van der Waals surface area contributed by atoms with Crippen molar-refractivity contribution in [3.63, 3.8) is 0 Å². The first kappa shape index (κ1) is 16.8. The third-order valence-corrected chi connectivity index (χ3v) is 3.30. The monoisotopic (exact) mass is 287 g/mol. The Bertz CT molecular complexity index is 357. The van der Waals surface area contributed by atoms with Crippen molar-refractivity contribution in [3.05, 3.63) is 0 Å². The van der Waals surface area contributed by atoms with Crippen LogP contribution in [0.1, 0.15) is 53.4 Å². The van der Waals surface area contributed by atoms with Gasteiger partial charge in [-0.2, -0.15) is 0 Å². The molecule has 1 aliphatic rings. The van der Waals surface area contributed by atoms with Crippen LogP contribution in [-0.2, 0) is 14.3 Å². The van der Waals surface area contributed by atoms with E-state index in [-0.39, 0.29) is 13.0 Å². The van der Waals surface area contributed by atoms with E-state index in [9.17, 15) is 14.7 Å². The minimum absolute atomic E-state index is 0.121. The maximum Gasteiger partial charge on any atom is 0.408 e. The molecule has 116 valence electrons. The molecule has 2 N–H and O–H groups in total. The second kappa shape index (κ2) is 6.43. The van der Waals surface area contributed by atoms with E-state index in [0.717, 1.165) is 6.42 Å². The molecule has 0 heterocycles. The van der Waals surface area contributed by atoms with Gasteiger partial charge in [0.1, 0.15) is 5.60 Å². The summed E-state index contributed by atoms with van der Waals surface area (Å²) in [5, 5.41) is 12.9. The molecule has 1 atom stereocenters. The number of alkyl carbamates (subject to hydrolysis) is 1. The molecule has 1 aliphatic carbocycles. The van der Waals surface area contributed by atoms with Crippen LogP contribution < -0.4 is 5.32 Å². The van der Waals surface area contributed by atoms with Crippen LogP contribution in [0, 0.1) is 0 Å². The largest absolute Gasteiger partial charge is 0.466 e. The first-order chi connectivity index (χ1) is 9.18. The average molecular weight is 287 g/mol. The quantitative estimate of drug-likeness (QED) is 0.752. The van der Waals surface area contributed by atoms with Gasteiger partial charge in [-0.15, -0.1) is 0 Å². The Morgan fingerprint density at radius 1 is 1.35 bits per heavy atom. The van der Waals surface area contributed by atoms with Gasteiger partial charge in [-0.25, -0.2) is 4.79 Å². The highest BCUT2D eigenvalue weighted by atomic mass is 16.6. The lowest BCUT2D eigenvalue weighted by Crippen LogP contribution is -2.62. The van der Waals surface area contributed by atoms with Crippen LogP contribution in [0.25, 0.3) is 0 Å². The van der Waals surface area contributed by atoms with Crippen LogP contribution in [0.2, 0.25) is 0 Å². The van der Waals surface area contributed by atoms with Gasteiger partial charge in [-0.1, -0.05) is 0 Å². The summed E-state index contributed by atoms with van der Waals surface area (Å²) in [5.74, 6) is -0.461. The minimum Gasteiger partial charge on any atom is -0.466 e. The number of nitrogens with one attached hydrogen (secondary N) is 1. The smallest absolute Gasteiger partial charge is 0.408 e. The molecule has 6 heteroatoms. The molecular formula is C14H25NO5. The van der Waals surface area contributed by atoms with E-state index in [1.54, 1.807) is 27.7 Å². The van der Waals surface area contributed by atoms with Gasteiger partial charge < -0.3 is 19.9 Å². The molecule has 0 saturated heterocycles. The molecule has 0 aromatic heterocycles. The minimum atomic E-state index is -0.956. The highest BCUT2D eigenvalue weighted by molar-refractivity contribution is 5.72. The summed E-state index contributed by atoms with van der Waals surface area (Å²) in [6.07, 6.45) is 0.516. The van der Waals surface area contributed by atoms with Crippen molar-refractivity contribution in [3.8, 4) is 0 Å². The van der Waals surface area contributed by atoms with Crippen LogP contribution in [0.15, 0.2) is 0 Å². The summed E-state index contributed by atoms with van der Waals surface area (Å²) in [4.78, 5) is 23.3. The maximum atomic E-state index is 11.8. The van der Waals surface area contributed by atoms with Gasteiger partial charge in [-0.05, 0) is 47.0 Å². The van der Waals surface area contributed by atoms with Crippen LogP contribution in [0.4, 0.5) is 4.79 Å². The highest BCUT2D eigenvalue weighted by Gasteiger charge is 2.46. The van der Waals surface area contributed by atoms with Crippen molar-refractivity contribution in [1.29, 1.82) is 0 Å². The fourth-order valence-electron chi connectivity index (χ4n) is 2.18. The van der Waals surface area contributed by atoms with Gasteiger partial charge in [0.2, 0.25) is 0 Å². The Morgan fingerprint density at radius 2 is 1.95 bits per heavy atom. The predicted molar refractivity (Wildman–Crippen MR) is 73.2 cm³/mol. The lowest BCUT2D eigenvalue weighted by Gasteiger charge is -2.45. The molecular weight excluding hydrogens is 262 g/mol. The first-order valence-electron chi connectivity index (χ1n) is 7.03. The summed E-state index contributed by atoms with van der Waals surface area (Å²) >= 11 is 0. The van der Waals surface area contributed by atoms with E-state index in [2.05, 4.69) is 5.32 Å². The number of ether oxygens (including phenoxy) is 2. The van der Waals surface area contributed by atoms with Gasteiger partial charge in [0.25, 0.3) is 0 Å². The Kier molecular flexibility index (Phi) is 5.39. The number of amides is 1. The Morgan fingerprint density at radius 3 is 2.35 bits per heavy atom. The number of carbonyl (C=O) groups excluding carboxylic acids is 2. The summed E-state index contributed by atoms with van der Waals surface area (Å²) in [7, 11) is 0. The van der Waals surface area contributed by atoms with E-state index in [0.29, 0.717) is 12.8 Å². The van der Waals surface area contributed by atoms with E-state index in [1.165, 1.54) is 0 Å². The van der Waals surface area contributed by atoms with Crippen LogP contribution >= 0.6 is 0 Å². The molecule has 0 bridgehead atoms. The summed E-state index contributed by atoms with van der Waals surface area (Å²) in [5.41, 5.74) is -1.36. The number of carbonyl (C=O) groups is 2. The fraction of sp³-hybridized carbons (Fsp3) is 0.857. The van der Waals surface area contributed by atoms with Gasteiger partial charge in [0.15, 0.2) is 0 Å². The number of esters is 1. The second-order valence-corrected chi connectivity index (χ2v) is 6.16. The number of rotatable bonds is 5. The lowest BCUT2D eigenvalue weighted by atomic mass is 9.72. The molecule has 20 heavy (non-hydrogen) atoms. The van der Waals surface area contributed by atoms with Gasteiger partial charge in [0.05, 0.1) is 24.7 Å². The molecule has 6 nitrogen and oxygen atoms in total. The maximum absolute atomic E-state index is 11.8. The Balaban J connectivity index is 2.58. The fourth-order valence-corrected chi connectivity index (χ4v) is 2.18. The molecule has 1 saturated carbocycles. The molecule has 0 spiro atoms. The van der Waals surface area contributed by atoms with Crippen molar-refractivity contribution in [2.24, 2.45) is 0 Å². The average Bonchev–Trinajstić information content (AvgIpc) is 2.20. The first-order valence-corrected chi connectivity index (χ1v) is 7.03. The molecule has 0 radical (unpaired) electrons. The van der Waals surface area contributed by atoms with Crippen molar-refractivity contribution in [1.82, 2.24) is 5.32 Å². The van der Waals surface area contributed by atoms with E-state index >= 15 is 0 Å². The van der Waals surface area contributed by atoms with E-state index in [1.807, 2.05) is 0 Å². The van der Waals surface area contributed by atoms with Gasteiger partial charge >= 0.3 is 12.1 Å². The number of aliphatic hydroxyl groups excluding tert-OH is 1. The van der Waals surface area contributed by atoms with Crippen LogP contribution in [0.3, 0.4) is 0 Å². The molecule has 0 aromatic rings. The van der Waals surface area contributed by atoms with E-state index < -0.39 is 29.3 Å². The standard InChI is InChI=1S/C14H25NO5/c1-5-19-11(17)9-10(16)14(7-6-8-14)15-12(18)20-13(2,3)4/h10,16H,5-9H2,1-4H3,(H,15,18). The lowest BCUT2D eigenvalue weighted by molar-refractivity contribution is -0.147. The Hall–Kier alpha value is -1.30. The zero-order chi connectivity index (χ0) is 15.4. The molecule has 1 amide bonds. The second-order valence-electron chi connectivity index (χ2n) is 6.16. The number of hydrogen-bond acceptors (Lipinski definition) is 5. The van der Waals surface area contributed by atoms with Crippen molar-refractivity contribution in [2.45, 2.75) is 70.6 Å². The number of aliphatic hydroxyl groups is 1. The van der Waals surface area contributed by atoms with Crippen LogP contribution in [0.5, 0.6) is 0 Å². The molecule has 1 unspecified atom stereocenters. The number of hydrogen-bond donors (Lipinski definition) is 2. The van der Waals surface area contributed by atoms with E-state index in [4.69, 9.17) is 9.47 Å². The van der Waals surface area contributed by atoms with Crippen molar-refractivity contribution >= 4 is 12.1 Å². The molecule has 1 fully saturated rings. The topological polar surface area (TPSA) is 84.9 Å². The van der Waals surface area contributed by atoms with Gasteiger partial charge in [0, 0.05) is 0 Å². The zero-order valence-corrected chi connectivity index (χ0v) is 12.7. The SMILES string of the molecule is CCOC(=O)CC(O)C1(NC(=O)OC(C)(C)C)CCC1. The molecule has 0 aliphatic heterocycles.